The third kappa shape index (κ3) is 8.16. The maximum atomic E-state index is 13.9. The van der Waals surface area contributed by atoms with Gasteiger partial charge in [-0.05, 0) is 67.3 Å². The molecule has 1 aromatic heterocycles. The van der Waals surface area contributed by atoms with E-state index in [2.05, 4.69) is 6.92 Å². The van der Waals surface area contributed by atoms with Gasteiger partial charge in [0, 0.05) is 31.0 Å². The number of carbonyl (C=O) groups excluding carboxylic acids is 3. The quantitative estimate of drug-likeness (QED) is 0.0964. The van der Waals surface area contributed by atoms with Crippen LogP contribution in [0.1, 0.15) is 85.4 Å². The second-order valence-electron chi connectivity index (χ2n) is 11.2. The van der Waals surface area contributed by atoms with Crippen LogP contribution in [-0.4, -0.2) is 54.6 Å². The molecule has 7 nitrogen and oxygen atoms in total. The van der Waals surface area contributed by atoms with Gasteiger partial charge in [0.05, 0.1) is 30.5 Å². The molecular weight excluding hydrogens is 552 g/mol. The largest absolute Gasteiger partial charge is 0.497 e. The van der Waals surface area contributed by atoms with Crippen LogP contribution >= 0.6 is 0 Å². The molecule has 0 N–H and O–H groups in total. The van der Waals surface area contributed by atoms with Gasteiger partial charge < -0.3 is 14.4 Å². The summed E-state index contributed by atoms with van der Waals surface area (Å²) in [5.41, 5.74) is 2.77. The van der Waals surface area contributed by atoms with Crippen molar-refractivity contribution in [2.45, 2.75) is 64.7 Å². The molecule has 0 atom stereocenters. The van der Waals surface area contributed by atoms with Gasteiger partial charge in [0.2, 0.25) is 5.91 Å². The number of nitrogens with zero attached hydrogens (tertiary/aromatic N) is 2. The summed E-state index contributed by atoms with van der Waals surface area (Å²) in [7, 11) is 3.49. The summed E-state index contributed by atoms with van der Waals surface area (Å²) in [6, 6.07) is 23.9. The Hall–Kier alpha value is -4.39. The number of hydrogen-bond acceptors (Lipinski definition) is 5. The molecule has 7 heteroatoms. The Morgan fingerprint density at radius 1 is 0.773 bits per heavy atom. The van der Waals surface area contributed by atoms with Crippen molar-refractivity contribution >= 4 is 28.7 Å². The van der Waals surface area contributed by atoms with Gasteiger partial charge in [-0.15, -0.1) is 0 Å². The molecule has 0 saturated carbocycles. The highest BCUT2D eigenvalue weighted by Crippen LogP contribution is 2.36. The van der Waals surface area contributed by atoms with E-state index in [4.69, 9.17) is 9.47 Å². The second kappa shape index (κ2) is 16.5. The summed E-state index contributed by atoms with van der Waals surface area (Å²) < 4.78 is 12.8. The smallest absolute Gasteiger partial charge is 0.340 e. The Bertz CT molecular complexity index is 1530. The zero-order valence-electron chi connectivity index (χ0n) is 26.2. The van der Waals surface area contributed by atoms with Crippen LogP contribution in [0.25, 0.3) is 22.2 Å². The summed E-state index contributed by atoms with van der Waals surface area (Å²) in [4.78, 5) is 41.6. The normalized spacial score (nSPS) is 11.0. The first kappa shape index (κ1) is 32.5. The van der Waals surface area contributed by atoms with Crippen LogP contribution < -0.4 is 4.74 Å². The lowest BCUT2D eigenvalue weighted by Gasteiger charge is -2.16. The number of benzene rings is 3. The summed E-state index contributed by atoms with van der Waals surface area (Å²) in [5.74, 6) is 0.241. The van der Waals surface area contributed by atoms with Crippen molar-refractivity contribution in [1.82, 2.24) is 9.47 Å². The number of unbranched alkanes of at least 4 members (excludes halogenated alkanes) is 6. The number of carbonyl (C=O) groups is 3. The predicted octanol–water partition coefficient (Wildman–Crippen LogP) is 8.15. The molecule has 0 radical (unpaired) electrons. The van der Waals surface area contributed by atoms with Crippen LogP contribution in [0.2, 0.25) is 0 Å². The minimum atomic E-state index is -0.447. The van der Waals surface area contributed by atoms with E-state index in [1.165, 1.54) is 0 Å². The highest BCUT2D eigenvalue weighted by atomic mass is 16.5. The van der Waals surface area contributed by atoms with Gasteiger partial charge in [-0.1, -0.05) is 75.4 Å². The maximum Gasteiger partial charge on any atom is 0.340 e. The van der Waals surface area contributed by atoms with E-state index in [9.17, 15) is 14.4 Å². The summed E-state index contributed by atoms with van der Waals surface area (Å²) in [5, 5.41) is 0.669. The van der Waals surface area contributed by atoms with Crippen LogP contribution in [0.15, 0.2) is 78.9 Å². The summed E-state index contributed by atoms with van der Waals surface area (Å²) >= 11 is 0. The molecule has 4 rings (SSSR count). The van der Waals surface area contributed by atoms with Crippen molar-refractivity contribution in [3.63, 3.8) is 0 Å². The van der Waals surface area contributed by atoms with Gasteiger partial charge in [-0.25, -0.2) is 4.79 Å². The Morgan fingerprint density at radius 2 is 1.43 bits per heavy atom. The fraction of sp³-hybridized carbons (Fsp3) is 0.378. The van der Waals surface area contributed by atoms with Gasteiger partial charge in [-0.3, -0.25) is 14.2 Å². The first-order valence-corrected chi connectivity index (χ1v) is 15.7. The highest BCUT2D eigenvalue weighted by Gasteiger charge is 2.28. The number of amides is 1. The molecule has 1 amide bonds. The number of methoxy groups -OCH3 is 1. The predicted molar refractivity (Wildman–Crippen MR) is 175 cm³/mol. The lowest BCUT2D eigenvalue weighted by atomic mass is 10.0. The molecule has 0 unspecified atom stereocenters. The van der Waals surface area contributed by atoms with Crippen molar-refractivity contribution < 1.29 is 23.9 Å². The van der Waals surface area contributed by atoms with E-state index in [1.54, 1.807) is 23.8 Å². The van der Waals surface area contributed by atoms with E-state index in [0.717, 1.165) is 57.9 Å². The number of fused-ring (bicyclic) bond motifs is 1. The monoisotopic (exact) mass is 596 g/mol. The molecule has 3 aromatic carbocycles. The summed E-state index contributed by atoms with van der Waals surface area (Å²) in [6.07, 6.45) is 8.45. The Balaban J connectivity index is 1.43. The van der Waals surface area contributed by atoms with E-state index >= 15 is 0 Å². The van der Waals surface area contributed by atoms with Gasteiger partial charge >= 0.3 is 5.97 Å². The summed E-state index contributed by atoms with van der Waals surface area (Å²) in [6.45, 7) is 3.26. The maximum absolute atomic E-state index is 13.9. The Labute approximate surface area is 260 Å². The first-order valence-electron chi connectivity index (χ1n) is 15.7. The first-order chi connectivity index (χ1) is 21.5. The Morgan fingerprint density at radius 3 is 2.14 bits per heavy atom. The molecule has 0 aliphatic heterocycles. The van der Waals surface area contributed by atoms with Crippen molar-refractivity contribution in [3.8, 4) is 17.0 Å². The number of para-hydroxylation sites is 1. The molecule has 0 aliphatic carbocycles. The number of aromatic nitrogens is 1. The topological polar surface area (TPSA) is 77.8 Å². The molecule has 4 aromatic rings. The third-order valence-corrected chi connectivity index (χ3v) is 7.96. The molecule has 1 heterocycles. The average Bonchev–Trinajstić information content (AvgIpc) is 3.41. The number of rotatable bonds is 16. The zero-order valence-corrected chi connectivity index (χ0v) is 26.2. The highest BCUT2D eigenvalue weighted by molar-refractivity contribution is 6.16. The van der Waals surface area contributed by atoms with Crippen LogP contribution in [0.5, 0.6) is 5.75 Å². The standard InChI is InChI=1S/C37H44N2O5/c1-4-5-26-38(2)33(40)21-13-8-6-7-9-16-27-44-37(42)34-31-19-14-15-20-32(31)39(36(41)29-17-11-10-12-18-29)35(34)28-22-24-30(43-3)25-23-28/h10-12,14-15,17-20,22-25H,4-9,13,16,21,26-27H2,1-3H3. The van der Waals surface area contributed by atoms with E-state index in [0.29, 0.717) is 52.1 Å². The number of hydrogen-bond donors (Lipinski definition) is 0. The van der Waals surface area contributed by atoms with Gasteiger partial charge in [0.15, 0.2) is 0 Å². The number of esters is 1. The molecule has 232 valence electrons. The van der Waals surface area contributed by atoms with E-state index < -0.39 is 5.97 Å². The van der Waals surface area contributed by atoms with Crippen LogP contribution in [0, 0.1) is 0 Å². The van der Waals surface area contributed by atoms with Crippen molar-refractivity contribution in [2.75, 3.05) is 27.3 Å². The minimum Gasteiger partial charge on any atom is -0.497 e. The van der Waals surface area contributed by atoms with Crippen LogP contribution in [-0.2, 0) is 9.53 Å². The van der Waals surface area contributed by atoms with Crippen molar-refractivity contribution in [3.05, 3.63) is 90.0 Å². The SMILES string of the molecule is CCCCN(C)C(=O)CCCCCCCCOC(=O)c1c(-c2ccc(OC)cc2)n(C(=O)c2ccccc2)c2ccccc12. The van der Waals surface area contributed by atoms with Crippen LogP contribution in [0.3, 0.4) is 0 Å². The molecule has 0 saturated heterocycles. The van der Waals surface area contributed by atoms with Gasteiger partial charge in [0.25, 0.3) is 5.91 Å². The molecule has 44 heavy (non-hydrogen) atoms. The molecule has 0 fully saturated rings. The van der Waals surface area contributed by atoms with E-state index in [1.807, 2.05) is 78.7 Å². The van der Waals surface area contributed by atoms with Crippen molar-refractivity contribution in [1.29, 1.82) is 0 Å². The molecular formula is C37H44N2O5. The third-order valence-electron chi connectivity index (χ3n) is 7.96. The second-order valence-corrected chi connectivity index (χ2v) is 11.2. The molecule has 0 aliphatic rings. The lowest BCUT2D eigenvalue weighted by Crippen LogP contribution is -2.27. The molecule has 0 bridgehead atoms. The van der Waals surface area contributed by atoms with Gasteiger partial charge in [-0.2, -0.15) is 0 Å². The van der Waals surface area contributed by atoms with Crippen molar-refractivity contribution in [2.24, 2.45) is 0 Å². The Kier molecular flexibility index (Phi) is 12.2. The number of ether oxygens (including phenoxy) is 2. The fourth-order valence-corrected chi connectivity index (χ4v) is 5.42. The average molecular weight is 597 g/mol. The minimum absolute atomic E-state index is 0.221. The molecule has 0 spiro atoms. The zero-order chi connectivity index (χ0) is 31.3. The van der Waals surface area contributed by atoms with Gasteiger partial charge in [0.1, 0.15) is 5.75 Å². The fourth-order valence-electron chi connectivity index (χ4n) is 5.42. The lowest BCUT2D eigenvalue weighted by molar-refractivity contribution is -0.130. The van der Waals surface area contributed by atoms with E-state index in [-0.39, 0.29) is 11.8 Å². The van der Waals surface area contributed by atoms with Crippen LogP contribution in [0.4, 0.5) is 0 Å².